The molecule has 0 radical (unpaired) electrons. The maximum atomic E-state index is 4.76. The summed E-state index contributed by atoms with van der Waals surface area (Å²) in [7, 11) is 0. The summed E-state index contributed by atoms with van der Waals surface area (Å²) in [6, 6.07) is 23.8. The summed E-state index contributed by atoms with van der Waals surface area (Å²) in [6.45, 7) is 8.41. The monoisotopic (exact) mass is 398 g/mol. The Hall–Kier alpha value is -2.91. The second kappa shape index (κ2) is 8.62. The summed E-state index contributed by atoms with van der Waals surface area (Å²) in [5.41, 5.74) is 7.48. The van der Waals surface area contributed by atoms with Crippen LogP contribution in [0.1, 0.15) is 34.2 Å². The van der Waals surface area contributed by atoms with Crippen molar-refractivity contribution < 1.29 is 0 Å². The molecular formula is C26H26N2S. The van der Waals surface area contributed by atoms with Crippen LogP contribution in [-0.4, -0.2) is 11.5 Å². The molecule has 0 saturated carbocycles. The molecule has 0 unspecified atom stereocenters. The maximum Gasteiger partial charge on any atom is 0.117 e. The van der Waals surface area contributed by atoms with Gasteiger partial charge in [0.25, 0.3) is 0 Å². The van der Waals surface area contributed by atoms with Crippen LogP contribution in [-0.2, 0) is 6.54 Å². The first kappa shape index (κ1) is 19.4. The first-order chi connectivity index (χ1) is 14.1. The van der Waals surface area contributed by atoms with Crippen molar-refractivity contribution in [1.29, 1.82) is 0 Å². The van der Waals surface area contributed by atoms with Crippen LogP contribution in [0, 0.1) is 13.8 Å². The normalized spacial score (nSPS) is 11.4. The molecular weight excluding hydrogens is 372 g/mol. The van der Waals surface area contributed by atoms with Crippen LogP contribution >= 0.6 is 11.3 Å². The zero-order valence-electron chi connectivity index (χ0n) is 17.2. The van der Waals surface area contributed by atoms with E-state index in [4.69, 9.17) is 4.98 Å². The van der Waals surface area contributed by atoms with Crippen molar-refractivity contribution in [1.82, 2.24) is 4.98 Å². The third kappa shape index (κ3) is 4.57. The van der Waals surface area contributed by atoms with Crippen molar-refractivity contribution in [2.75, 3.05) is 11.4 Å². The summed E-state index contributed by atoms with van der Waals surface area (Å²) in [5.74, 6) is 0. The Balaban J connectivity index is 1.48. The average Bonchev–Trinajstić information content (AvgIpc) is 3.13. The number of fused-ring (bicyclic) bond motifs is 1. The van der Waals surface area contributed by atoms with Crippen molar-refractivity contribution in [2.45, 2.75) is 27.3 Å². The van der Waals surface area contributed by atoms with Crippen LogP contribution < -0.4 is 4.90 Å². The zero-order valence-corrected chi connectivity index (χ0v) is 18.0. The van der Waals surface area contributed by atoms with Gasteiger partial charge in [0.05, 0.1) is 10.2 Å². The summed E-state index contributed by atoms with van der Waals surface area (Å²) >= 11 is 1.75. The molecule has 0 amide bonds. The summed E-state index contributed by atoms with van der Waals surface area (Å²) in [6.07, 6.45) is 4.26. The van der Waals surface area contributed by atoms with Gasteiger partial charge in [-0.2, -0.15) is 0 Å². The molecule has 0 aliphatic rings. The van der Waals surface area contributed by atoms with Crippen molar-refractivity contribution in [2.24, 2.45) is 0 Å². The lowest BCUT2D eigenvalue weighted by Crippen LogP contribution is -2.21. The third-order valence-electron chi connectivity index (χ3n) is 5.30. The molecule has 0 saturated heterocycles. The lowest BCUT2D eigenvalue weighted by molar-refractivity contribution is 0.832. The zero-order chi connectivity index (χ0) is 20.2. The van der Waals surface area contributed by atoms with Crippen LogP contribution in [0.2, 0.25) is 0 Å². The number of hydrogen-bond acceptors (Lipinski definition) is 3. The molecule has 4 aromatic rings. The molecule has 0 aliphatic carbocycles. The number of thiazole rings is 1. The molecule has 4 rings (SSSR count). The maximum absolute atomic E-state index is 4.76. The van der Waals surface area contributed by atoms with E-state index in [1.165, 1.54) is 32.6 Å². The quantitative estimate of drug-likeness (QED) is 0.344. The molecule has 146 valence electrons. The van der Waals surface area contributed by atoms with Gasteiger partial charge in [0.1, 0.15) is 5.01 Å². The fourth-order valence-electron chi connectivity index (χ4n) is 3.42. The van der Waals surface area contributed by atoms with E-state index in [0.29, 0.717) is 0 Å². The molecule has 0 atom stereocenters. The van der Waals surface area contributed by atoms with Gasteiger partial charge in [-0.05, 0) is 73.4 Å². The Kier molecular flexibility index (Phi) is 5.77. The predicted molar refractivity (Wildman–Crippen MR) is 128 cm³/mol. The van der Waals surface area contributed by atoms with Gasteiger partial charge in [-0.1, -0.05) is 48.5 Å². The largest absolute Gasteiger partial charge is 0.367 e. The van der Waals surface area contributed by atoms with Gasteiger partial charge in [-0.25, -0.2) is 4.98 Å². The first-order valence-electron chi connectivity index (χ1n) is 10.1. The molecule has 2 nitrogen and oxygen atoms in total. The van der Waals surface area contributed by atoms with E-state index >= 15 is 0 Å². The fourth-order valence-corrected chi connectivity index (χ4v) is 4.37. The molecule has 3 aromatic carbocycles. The van der Waals surface area contributed by atoms with E-state index in [9.17, 15) is 0 Å². The SMILES string of the molecule is CCN(Cc1ccccc1)c1ccc(/C=C/c2nc3cc(C)c(C)cc3s2)cc1. The minimum absolute atomic E-state index is 0.928. The Morgan fingerprint density at radius 3 is 2.34 bits per heavy atom. The highest BCUT2D eigenvalue weighted by molar-refractivity contribution is 7.19. The van der Waals surface area contributed by atoms with Crippen molar-refractivity contribution in [3.05, 3.63) is 94.0 Å². The van der Waals surface area contributed by atoms with Gasteiger partial charge < -0.3 is 4.90 Å². The first-order valence-corrected chi connectivity index (χ1v) is 10.9. The van der Waals surface area contributed by atoms with Gasteiger partial charge >= 0.3 is 0 Å². The molecule has 1 heterocycles. The standard InChI is InChI=1S/C26H26N2S/c1-4-28(18-22-8-6-5-7-9-22)23-13-10-21(11-14-23)12-15-26-27-24-16-19(2)20(3)17-25(24)29-26/h5-17H,4,18H2,1-3H3/b15-12+. The van der Waals surface area contributed by atoms with E-state index in [1.54, 1.807) is 11.3 Å². The minimum atomic E-state index is 0.928. The number of hydrogen-bond donors (Lipinski definition) is 0. The molecule has 3 heteroatoms. The lowest BCUT2D eigenvalue weighted by atomic mass is 10.1. The van der Waals surface area contributed by atoms with E-state index in [0.717, 1.165) is 23.6 Å². The fraction of sp³-hybridized carbons (Fsp3) is 0.192. The summed E-state index contributed by atoms with van der Waals surface area (Å²) in [4.78, 5) is 7.15. The second-order valence-corrected chi connectivity index (χ2v) is 8.44. The highest BCUT2D eigenvalue weighted by atomic mass is 32.1. The van der Waals surface area contributed by atoms with Crippen molar-refractivity contribution in [3.8, 4) is 0 Å². The third-order valence-corrected chi connectivity index (χ3v) is 6.28. The van der Waals surface area contributed by atoms with E-state index in [-0.39, 0.29) is 0 Å². The van der Waals surface area contributed by atoms with E-state index < -0.39 is 0 Å². The highest BCUT2D eigenvalue weighted by Gasteiger charge is 2.06. The van der Waals surface area contributed by atoms with Gasteiger partial charge in [0.15, 0.2) is 0 Å². The Morgan fingerprint density at radius 2 is 1.62 bits per heavy atom. The van der Waals surface area contributed by atoms with Gasteiger partial charge in [0.2, 0.25) is 0 Å². The number of anilines is 1. The van der Waals surface area contributed by atoms with E-state index in [1.807, 2.05) is 0 Å². The van der Waals surface area contributed by atoms with Crippen LogP contribution in [0.5, 0.6) is 0 Å². The molecule has 0 bridgehead atoms. The Labute approximate surface area is 177 Å². The highest BCUT2D eigenvalue weighted by Crippen LogP contribution is 2.27. The van der Waals surface area contributed by atoms with E-state index in [2.05, 4.69) is 105 Å². The number of rotatable bonds is 6. The van der Waals surface area contributed by atoms with Crippen LogP contribution in [0.25, 0.3) is 22.4 Å². The summed E-state index contributed by atoms with van der Waals surface area (Å²) in [5, 5.41) is 1.05. The Bertz CT molecular complexity index is 1090. The van der Waals surface area contributed by atoms with Crippen molar-refractivity contribution >= 4 is 39.4 Å². The van der Waals surface area contributed by atoms with Gasteiger partial charge in [-0.3, -0.25) is 0 Å². The molecule has 0 aliphatic heterocycles. The van der Waals surface area contributed by atoms with Crippen LogP contribution in [0.4, 0.5) is 5.69 Å². The number of aromatic nitrogens is 1. The summed E-state index contributed by atoms with van der Waals surface area (Å²) < 4.78 is 1.25. The minimum Gasteiger partial charge on any atom is -0.367 e. The van der Waals surface area contributed by atoms with Gasteiger partial charge in [0, 0.05) is 18.8 Å². The smallest absolute Gasteiger partial charge is 0.117 e. The topological polar surface area (TPSA) is 16.1 Å². The molecule has 0 spiro atoms. The lowest BCUT2D eigenvalue weighted by Gasteiger charge is -2.23. The molecule has 0 fully saturated rings. The number of benzene rings is 3. The van der Waals surface area contributed by atoms with Crippen molar-refractivity contribution in [3.63, 3.8) is 0 Å². The average molecular weight is 399 g/mol. The van der Waals surface area contributed by atoms with Gasteiger partial charge in [-0.15, -0.1) is 11.3 Å². The molecule has 0 N–H and O–H groups in total. The molecule has 29 heavy (non-hydrogen) atoms. The predicted octanol–water partition coefficient (Wildman–Crippen LogP) is 7.11. The van der Waals surface area contributed by atoms with Crippen LogP contribution in [0.15, 0.2) is 66.7 Å². The van der Waals surface area contributed by atoms with Crippen LogP contribution in [0.3, 0.4) is 0 Å². The second-order valence-electron chi connectivity index (χ2n) is 7.38. The molecule has 1 aromatic heterocycles. The number of aryl methyl sites for hydroxylation is 2. The Morgan fingerprint density at radius 1 is 0.897 bits per heavy atom. The number of nitrogens with zero attached hydrogens (tertiary/aromatic N) is 2.